The number of halogens is 1. The largest absolute Gasteiger partial charge is 0.328 e. The zero-order chi connectivity index (χ0) is 12.8. The van der Waals surface area contributed by atoms with Crippen LogP contribution in [0.1, 0.15) is 38.0 Å². The van der Waals surface area contributed by atoms with Gasteiger partial charge in [-0.3, -0.25) is 4.79 Å². The van der Waals surface area contributed by atoms with Crippen LogP contribution in [0, 0.1) is 5.92 Å². The Morgan fingerprint density at radius 3 is 2.71 bits per heavy atom. The van der Waals surface area contributed by atoms with Gasteiger partial charge in [-0.15, -0.1) is 11.3 Å². The second-order valence-electron chi connectivity index (χ2n) is 4.68. The molecular formula is C13H20BrNOS. The second kappa shape index (κ2) is 7.29. The van der Waals surface area contributed by atoms with E-state index in [0.29, 0.717) is 12.2 Å². The fourth-order valence-electron chi connectivity index (χ4n) is 1.70. The van der Waals surface area contributed by atoms with Crippen LogP contribution in [0.15, 0.2) is 15.9 Å². The number of hydrogen-bond donors (Lipinski definition) is 1. The number of carbonyl (C=O) groups excluding carboxylic acids is 1. The lowest BCUT2D eigenvalue weighted by atomic mass is 9.96. The molecule has 0 bridgehead atoms. The van der Waals surface area contributed by atoms with Crippen molar-refractivity contribution in [3.8, 4) is 0 Å². The van der Waals surface area contributed by atoms with Crippen LogP contribution in [-0.2, 0) is 11.2 Å². The monoisotopic (exact) mass is 317 g/mol. The number of ketones is 1. The summed E-state index contributed by atoms with van der Waals surface area (Å²) in [4.78, 5) is 13.1. The zero-order valence-corrected chi connectivity index (χ0v) is 12.8. The molecule has 17 heavy (non-hydrogen) atoms. The lowest BCUT2D eigenvalue weighted by Crippen LogP contribution is -2.17. The normalized spacial score (nSPS) is 14.6. The number of rotatable bonds is 7. The van der Waals surface area contributed by atoms with Crippen LogP contribution in [0.5, 0.6) is 0 Å². The standard InChI is InChI=1S/C13H20BrNOS/c1-9(4-3-5-10(2)15)13(16)7-12-6-11(14)8-17-12/h6,8-10H,3-5,7,15H2,1-2H3. The van der Waals surface area contributed by atoms with Gasteiger partial charge in [-0.2, -0.15) is 0 Å². The van der Waals surface area contributed by atoms with Crippen LogP contribution in [0.4, 0.5) is 0 Å². The molecule has 0 aliphatic heterocycles. The summed E-state index contributed by atoms with van der Waals surface area (Å²) in [6.45, 7) is 4.03. The average molecular weight is 318 g/mol. The van der Waals surface area contributed by atoms with E-state index in [-0.39, 0.29) is 12.0 Å². The highest BCUT2D eigenvalue weighted by molar-refractivity contribution is 9.10. The minimum atomic E-state index is 0.148. The van der Waals surface area contributed by atoms with Gasteiger partial charge in [0.25, 0.3) is 0 Å². The third kappa shape index (κ3) is 5.80. The van der Waals surface area contributed by atoms with Crippen molar-refractivity contribution in [1.82, 2.24) is 0 Å². The zero-order valence-electron chi connectivity index (χ0n) is 10.4. The Bertz CT molecular complexity index is 362. The quantitative estimate of drug-likeness (QED) is 0.831. The molecule has 0 radical (unpaired) electrons. The topological polar surface area (TPSA) is 43.1 Å². The highest BCUT2D eigenvalue weighted by Crippen LogP contribution is 2.22. The third-order valence-electron chi connectivity index (χ3n) is 2.82. The van der Waals surface area contributed by atoms with Crippen molar-refractivity contribution in [2.45, 2.75) is 45.6 Å². The van der Waals surface area contributed by atoms with Crippen LogP contribution >= 0.6 is 27.3 Å². The first-order valence-corrected chi connectivity index (χ1v) is 7.67. The van der Waals surface area contributed by atoms with E-state index in [1.807, 2.05) is 25.3 Å². The second-order valence-corrected chi connectivity index (χ2v) is 6.60. The number of nitrogens with two attached hydrogens (primary N) is 1. The Kier molecular flexibility index (Phi) is 6.38. The number of carbonyl (C=O) groups is 1. The summed E-state index contributed by atoms with van der Waals surface area (Å²) in [6.07, 6.45) is 3.56. The van der Waals surface area contributed by atoms with Gasteiger partial charge in [0.05, 0.1) is 0 Å². The summed E-state index contributed by atoms with van der Waals surface area (Å²) in [5, 5.41) is 2.02. The lowest BCUT2D eigenvalue weighted by Gasteiger charge is -2.10. The first kappa shape index (κ1) is 14.9. The van der Waals surface area contributed by atoms with Crippen molar-refractivity contribution < 1.29 is 4.79 Å². The Hall–Kier alpha value is -0.190. The van der Waals surface area contributed by atoms with Gasteiger partial charge >= 0.3 is 0 Å². The van der Waals surface area contributed by atoms with Gasteiger partial charge in [-0.05, 0) is 41.8 Å². The molecule has 0 aromatic carbocycles. The van der Waals surface area contributed by atoms with E-state index in [2.05, 4.69) is 15.9 Å². The molecule has 2 N–H and O–H groups in total. The van der Waals surface area contributed by atoms with Gasteiger partial charge in [0, 0.05) is 33.1 Å². The lowest BCUT2D eigenvalue weighted by molar-refractivity contribution is -0.121. The van der Waals surface area contributed by atoms with Crippen molar-refractivity contribution in [1.29, 1.82) is 0 Å². The molecule has 0 saturated carbocycles. The Morgan fingerprint density at radius 1 is 1.47 bits per heavy atom. The van der Waals surface area contributed by atoms with Crippen LogP contribution in [-0.4, -0.2) is 11.8 Å². The highest BCUT2D eigenvalue weighted by Gasteiger charge is 2.14. The molecule has 0 amide bonds. The Balaban J connectivity index is 2.32. The SMILES string of the molecule is CC(N)CCCC(C)C(=O)Cc1cc(Br)cs1. The summed E-state index contributed by atoms with van der Waals surface area (Å²) in [7, 11) is 0. The Morgan fingerprint density at radius 2 is 2.18 bits per heavy atom. The molecule has 0 aliphatic rings. The maximum absolute atomic E-state index is 12.0. The van der Waals surface area contributed by atoms with Crippen molar-refractivity contribution in [3.63, 3.8) is 0 Å². The molecule has 2 unspecified atom stereocenters. The highest BCUT2D eigenvalue weighted by atomic mass is 79.9. The minimum Gasteiger partial charge on any atom is -0.328 e. The van der Waals surface area contributed by atoms with Gasteiger partial charge in [0.2, 0.25) is 0 Å². The summed E-state index contributed by atoms with van der Waals surface area (Å²) < 4.78 is 1.06. The molecule has 96 valence electrons. The average Bonchev–Trinajstić information content (AvgIpc) is 2.63. The van der Waals surface area contributed by atoms with E-state index in [1.165, 1.54) is 0 Å². The summed E-state index contributed by atoms with van der Waals surface area (Å²) in [5.41, 5.74) is 5.69. The van der Waals surface area contributed by atoms with Crippen molar-refractivity contribution in [2.75, 3.05) is 0 Å². The van der Waals surface area contributed by atoms with Gasteiger partial charge in [0.1, 0.15) is 5.78 Å². The van der Waals surface area contributed by atoms with Crippen molar-refractivity contribution in [3.05, 3.63) is 20.8 Å². The summed E-state index contributed by atoms with van der Waals surface area (Å²) in [6, 6.07) is 2.27. The van der Waals surface area contributed by atoms with Gasteiger partial charge in [0.15, 0.2) is 0 Å². The molecule has 2 nitrogen and oxygen atoms in total. The van der Waals surface area contributed by atoms with E-state index < -0.39 is 0 Å². The predicted molar refractivity (Wildman–Crippen MR) is 77.4 cm³/mol. The maximum Gasteiger partial charge on any atom is 0.140 e. The van der Waals surface area contributed by atoms with E-state index in [0.717, 1.165) is 28.6 Å². The van der Waals surface area contributed by atoms with E-state index in [1.54, 1.807) is 11.3 Å². The predicted octanol–water partition coefficient (Wildman–Crippen LogP) is 3.78. The Labute approximate surface area is 116 Å². The molecular weight excluding hydrogens is 298 g/mol. The van der Waals surface area contributed by atoms with Crippen LogP contribution < -0.4 is 5.73 Å². The molecule has 0 spiro atoms. The van der Waals surface area contributed by atoms with E-state index in [9.17, 15) is 4.79 Å². The molecule has 0 fully saturated rings. The number of Topliss-reactive ketones (excluding diaryl/α,β-unsaturated/α-hetero) is 1. The fraction of sp³-hybridized carbons (Fsp3) is 0.615. The van der Waals surface area contributed by atoms with Crippen molar-refractivity contribution in [2.24, 2.45) is 11.7 Å². The third-order valence-corrected chi connectivity index (χ3v) is 4.51. The van der Waals surface area contributed by atoms with Gasteiger partial charge < -0.3 is 5.73 Å². The molecule has 1 aromatic rings. The number of hydrogen-bond acceptors (Lipinski definition) is 3. The molecule has 2 atom stereocenters. The van der Waals surface area contributed by atoms with E-state index in [4.69, 9.17) is 5.73 Å². The molecule has 0 aliphatic carbocycles. The minimum absolute atomic E-state index is 0.148. The van der Waals surface area contributed by atoms with Crippen molar-refractivity contribution >= 4 is 33.0 Å². The molecule has 1 aromatic heterocycles. The van der Waals surface area contributed by atoms with Crippen LogP contribution in [0.3, 0.4) is 0 Å². The van der Waals surface area contributed by atoms with Gasteiger partial charge in [-0.25, -0.2) is 0 Å². The molecule has 1 rings (SSSR count). The first-order chi connectivity index (χ1) is 7.99. The van der Waals surface area contributed by atoms with Gasteiger partial charge in [-0.1, -0.05) is 13.3 Å². The first-order valence-electron chi connectivity index (χ1n) is 6.00. The number of thiophene rings is 1. The molecule has 1 heterocycles. The summed E-state index contributed by atoms with van der Waals surface area (Å²) in [5.74, 6) is 0.485. The maximum atomic E-state index is 12.0. The fourth-order valence-corrected chi connectivity index (χ4v) is 3.16. The molecule has 4 heteroatoms. The van der Waals surface area contributed by atoms with Crippen LogP contribution in [0.25, 0.3) is 0 Å². The van der Waals surface area contributed by atoms with Crippen LogP contribution in [0.2, 0.25) is 0 Å². The summed E-state index contributed by atoms with van der Waals surface area (Å²) >= 11 is 5.04. The van der Waals surface area contributed by atoms with E-state index >= 15 is 0 Å². The smallest absolute Gasteiger partial charge is 0.140 e. The molecule has 0 saturated heterocycles.